The minimum atomic E-state index is -0.419. The predicted molar refractivity (Wildman–Crippen MR) is 113 cm³/mol. The van der Waals surface area contributed by atoms with E-state index in [1.165, 1.54) is 0 Å². The maximum absolute atomic E-state index is 13.1. The molecule has 0 radical (unpaired) electrons. The zero-order chi connectivity index (χ0) is 20.4. The van der Waals surface area contributed by atoms with Gasteiger partial charge in [0.25, 0.3) is 5.91 Å². The third-order valence-corrected chi connectivity index (χ3v) is 5.31. The summed E-state index contributed by atoms with van der Waals surface area (Å²) in [5.41, 5.74) is 5.28. The number of benzene rings is 2. The van der Waals surface area contributed by atoms with Gasteiger partial charge in [-0.15, -0.1) is 0 Å². The summed E-state index contributed by atoms with van der Waals surface area (Å²) in [4.78, 5) is 32.0. The molecule has 4 rings (SSSR count). The molecule has 0 saturated carbocycles. The molecular weight excluding hydrogens is 362 g/mol. The summed E-state index contributed by atoms with van der Waals surface area (Å²) >= 11 is 0. The molecule has 2 aromatic carbocycles. The fourth-order valence-electron chi connectivity index (χ4n) is 3.77. The van der Waals surface area contributed by atoms with Crippen LogP contribution in [-0.4, -0.2) is 16.8 Å². The molecule has 0 saturated heterocycles. The molecule has 5 nitrogen and oxygen atoms in total. The van der Waals surface area contributed by atoms with Crippen molar-refractivity contribution < 1.29 is 9.59 Å². The number of hydrogen-bond donors (Lipinski definition) is 1. The maximum atomic E-state index is 13.1. The van der Waals surface area contributed by atoms with Crippen molar-refractivity contribution in [3.8, 4) is 0 Å². The lowest BCUT2D eigenvalue weighted by Gasteiger charge is -2.25. The molecule has 1 atom stereocenters. The van der Waals surface area contributed by atoms with Crippen LogP contribution in [0.15, 0.2) is 66.9 Å². The van der Waals surface area contributed by atoms with E-state index in [0.717, 1.165) is 22.4 Å². The quantitative estimate of drug-likeness (QED) is 0.719. The lowest BCUT2D eigenvalue weighted by Crippen LogP contribution is -2.33. The highest BCUT2D eigenvalue weighted by Crippen LogP contribution is 2.38. The number of carbonyl (C=O) groups excluding carboxylic acids is 2. The van der Waals surface area contributed by atoms with E-state index < -0.39 is 6.04 Å². The molecule has 0 fully saturated rings. The van der Waals surface area contributed by atoms with Gasteiger partial charge in [0.2, 0.25) is 5.91 Å². The first-order valence-electron chi connectivity index (χ1n) is 9.71. The van der Waals surface area contributed by atoms with Crippen LogP contribution >= 0.6 is 0 Å². The molecule has 1 aromatic heterocycles. The number of nitrogens with one attached hydrogen (secondary N) is 1. The van der Waals surface area contributed by atoms with Crippen LogP contribution in [0.2, 0.25) is 0 Å². The Morgan fingerprint density at radius 3 is 2.69 bits per heavy atom. The van der Waals surface area contributed by atoms with E-state index in [0.29, 0.717) is 17.8 Å². The first-order valence-corrected chi connectivity index (χ1v) is 9.71. The lowest BCUT2D eigenvalue weighted by molar-refractivity contribution is -0.121. The van der Waals surface area contributed by atoms with Crippen molar-refractivity contribution >= 4 is 17.5 Å². The number of nitrogens with zero attached hydrogens (tertiary/aromatic N) is 2. The fraction of sp³-hybridized carbons (Fsp3) is 0.208. The van der Waals surface area contributed by atoms with Crippen LogP contribution in [0.25, 0.3) is 0 Å². The molecule has 146 valence electrons. The largest absolute Gasteiger partial charge is 0.352 e. The highest BCUT2D eigenvalue weighted by molar-refractivity contribution is 6.11. The van der Waals surface area contributed by atoms with Gasteiger partial charge in [0, 0.05) is 18.4 Å². The van der Waals surface area contributed by atoms with E-state index in [4.69, 9.17) is 0 Å². The third kappa shape index (κ3) is 3.76. The van der Waals surface area contributed by atoms with Crippen LogP contribution < -0.4 is 10.2 Å². The molecule has 0 unspecified atom stereocenters. The van der Waals surface area contributed by atoms with Crippen molar-refractivity contribution in [2.45, 2.75) is 32.9 Å². The van der Waals surface area contributed by atoms with Gasteiger partial charge in [-0.3, -0.25) is 19.5 Å². The Morgan fingerprint density at radius 2 is 1.90 bits per heavy atom. The third-order valence-electron chi connectivity index (χ3n) is 5.31. The SMILES string of the molecule is Cc1cccc(N2C(=O)c3cccnc3[C@H]2CC(=O)NCc2ccccc2C)c1. The molecule has 29 heavy (non-hydrogen) atoms. The van der Waals surface area contributed by atoms with Crippen molar-refractivity contribution in [1.29, 1.82) is 0 Å². The summed E-state index contributed by atoms with van der Waals surface area (Å²) < 4.78 is 0. The van der Waals surface area contributed by atoms with Crippen molar-refractivity contribution in [1.82, 2.24) is 10.3 Å². The average Bonchev–Trinajstić information content (AvgIpc) is 2.99. The van der Waals surface area contributed by atoms with Crippen molar-refractivity contribution in [3.05, 3.63) is 94.8 Å². The normalized spacial score (nSPS) is 15.3. The first kappa shape index (κ1) is 18.9. The molecule has 1 N–H and O–H groups in total. The second kappa shape index (κ2) is 7.87. The Morgan fingerprint density at radius 1 is 1.07 bits per heavy atom. The number of aromatic nitrogens is 1. The van der Waals surface area contributed by atoms with E-state index in [1.54, 1.807) is 23.2 Å². The minimum absolute atomic E-state index is 0.109. The number of hydrogen-bond acceptors (Lipinski definition) is 3. The molecule has 0 aliphatic carbocycles. The van der Waals surface area contributed by atoms with E-state index in [-0.39, 0.29) is 18.2 Å². The maximum Gasteiger partial charge on any atom is 0.260 e. The number of pyridine rings is 1. The van der Waals surface area contributed by atoms with Gasteiger partial charge in [0.1, 0.15) is 0 Å². The van der Waals surface area contributed by atoms with Crippen LogP contribution in [0.5, 0.6) is 0 Å². The topological polar surface area (TPSA) is 62.3 Å². The zero-order valence-electron chi connectivity index (χ0n) is 16.6. The molecule has 1 aliphatic rings. The Kier molecular flexibility index (Phi) is 5.12. The van der Waals surface area contributed by atoms with Crippen LogP contribution in [0.3, 0.4) is 0 Å². The summed E-state index contributed by atoms with van der Waals surface area (Å²) in [5, 5.41) is 2.99. The van der Waals surface area contributed by atoms with Gasteiger partial charge in [-0.1, -0.05) is 36.4 Å². The minimum Gasteiger partial charge on any atom is -0.352 e. The molecule has 5 heteroatoms. The zero-order valence-corrected chi connectivity index (χ0v) is 16.6. The smallest absolute Gasteiger partial charge is 0.260 e. The molecule has 2 amide bonds. The molecule has 1 aliphatic heterocycles. The molecule has 3 aromatic rings. The number of anilines is 1. The van der Waals surface area contributed by atoms with Gasteiger partial charge < -0.3 is 5.32 Å². The lowest BCUT2D eigenvalue weighted by atomic mass is 10.1. The van der Waals surface area contributed by atoms with E-state index in [9.17, 15) is 9.59 Å². The number of amides is 2. The highest BCUT2D eigenvalue weighted by atomic mass is 16.2. The van der Waals surface area contributed by atoms with Crippen molar-refractivity contribution in [2.24, 2.45) is 0 Å². The predicted octanol–water partition coefficient (Wildman–Crippen LogP) is 4.11. The van der Waals surface area contributed by atoms with Crippen molar-refractivity contribution in [2.75, 3.05) is 4.90 Å². The number of fused-ring (bicyclic) bond motifs is 1. The summed E-state index contributed by atoms with van der Waals surface area (Å²) in [6.45, 7) is 4.47. The van der Waals surface area contributed by atoms with Gasteiger partial charge in [0.05, 0.1) is 23.7 Å². The highest BCUT2D eigenvalue weighted by Gasteiger charge is 2.39. The number of carbonyl (C=O) groups is 2. The van der Waals surface area contributed by atoms with Gasteiger partial charge in [0.15, 0.2) is 0 Å². The number of aryl methyl sites for hydroxylation is 2. The van der Waals surface area contributed by atoms with Crippen molar-refractivity contribution in [3.63, 3.8) is 0 Å². The van der Waals surface area contributed by atoms with Gasteiger partial charge in [-0.2, -0.15) is 0 Å². The van der Waals surface area contributed by atoms with Crippen LogP contribution in [0.4, 0.5) is 5.69 Å². The summed E-state index contributed by atoms with van der Waals surface area (Å²) in [6, 6.07) is 18.8. The van der Waals surface area contributed by atoms with E-state index in [2.05, 4.69) is 10.3 Å². The summed E-state index contributed by atoms with van der Waals surface area (Å²) in [6.07, 6.45) is 1.83. The molecule has 2 heterocycles. The molecular formula is C24H23N3O2. The van der Waals surface area contributed by atoms with Gasteiger partial charge in [-0.05, 0) is 54.8 Å². The van der Waals surface area contributed by atoms with E-state index in [1.807, 2.05) is 62.4 Å². The first-order chi connectivity index (χ1) is 14.0. The molecule has 0 spiro atoms. The van der Waals surface area contributed by atoms with Crippen LogP contribution in [0.1, 0.15) is 45.2 Å². The standard InChI is InChI=1S/C24H23N3O2/c1-16-7-5-10-19(13-16)27-21(23-20(24(27)29)11-6-12-25-23)14-22(28)26-15-18-9-4-3-8-17(18)2/h3-13,21H,14-15H2,1-2H3,(H,26,28)/t21-/m1/s1. The summed E-state index contributed by atoms with van der Waals surface area (Å²) in [7, 11) is 0. The Hall–Kier alpha value is -3.47. The monoisotopic (exact) mass is 385 g/mol. The Bertz CT molecular complexity index is 1080. The molecule has 0 bridgehead atoms. The Balaban J connectivity index is 1.58. The van der Waals surface area contributed by atoms with Crippen LogP contribution in [0, 0.1) is 13.8 Å². The fourth-order valence-corrected chi connectivity index (χ4v) is 3.77. The second-order valence-electron chi connectivity index (χ2n) is 7.37. The second-order valence-corrected chi connectivity index (χ2v) is 7.37. The number of rotatable bonds is 5. The van der Waals surface area contributed by atoms with Crippen LogP contribution in [-0.2, 0) is 11.3 Å². The Labute approximate surface area is 170 Å². The van der Waals surface area contributed by atoms with Gasteiger partial charge in [-0.25, -0.2) is 0 Å². The summed E-state index contributed by atoms with van der Waals surface area (Å²) in [5.74, 6) is -0.224. The van der Waals surface area contributed by atoms with E-state index >= 15 is 0 Å². The van der Waals surface area contributed by atoms with Gasteiger partial charge >= 0.3 is 0 Å². The average molecular weight is 385 g/mol.